The summed E-state index contributed by atoms with van der Waals surface area (Å²) in [5.41, 5.74) is 2.07. The molecule has 1 N–H and O–H groups in total. The van der Waals surface area contributed by atoms with Crippen LogP contribution in [0.4, 0.5) is 0 Å². The van der Waals surface area contributed by atoms with Gasteiger partial charge < -0.3 is 15.0 Å². The van der Waals surface area contributed by atoms with Crippen molar-refractivity contribution in [3.63, 3.8) is 0 Å². The zero-order valence-electron chi connectivity index (χ0n) is 18.0. The van der Waals surface area contributed by atoms with E-state index in [-0.39, 0.29) is 18.4 Å². The molecule has 0 saturated heterocycles. The zero-order chi connectivity index (χ0) is 22.4. The molecule has 3 rings (SSSR count). The van der Waals surface area contributed by atoms with Crippen molar-refractivity contribution >= 4 is 38.5 Å². The molecular formula is C25H27BrN2O3. The second kappa shape index (κ2) is 10.4. The summed E-state index contributed by atoms with van der Waals surface area (Å²) in [5, 5.41) is 4.90. The molecule has 0 spiro atoms. The predicted octanol–water partition coefficient (Wildman–Crippen LogP) is 4.84. The number of rotatable bonds is 8. The van der Waals surface area contributed by atoms with Crippen molar-refractivity contribution in [1.29, 1.82) is 0 Å². The standard InChI is InChI=1S/C25H27BrN2O3/c1-4-27-25(30)18(3)28(15-19-9-7-8-17(2)14-19)23(29)16-31-22-13-12-20-10-5-6-11-21(20)24(22)26/h5-14,18H,4,15-16H2,1-3H3,(H,27,30)/t18-/m0/s1. The molecule has 3 aromatic rings. The van der Waals surface area contributed by atoms with Crippen LogP contribution in [0.15, 0.2) is 65.1 Å². The Labute approximate surface area is 191 Å². The maximum atomic E-state index is 13.1. The number of nitrogens with zero attached hydrogens (tertiary/aromatic N) is 1. The summed E-state index contributed by atoms with van der Waals surface area (Å²) in [6.07, 6.45) is 0. The Kier molecular flexibility index (Phi) is 7.69. The highest BCUT2D eigenvalue weighted by molar-refractivity contribution is 9.10. The Morgan fingerprint density at radius 1 is 1.10 bits per heavy atom. The van der Waals surface area contributed by atoms with Crippen LogP contribution in [0.3, 0.4) is 0 Å². The number of ether oxygens (including phenoxy) is 1. The summed E-state index contributed by atoms with van der Waals surface area (Å²) >= 11 is 3.59. The topological polar surface area (TPSA) is 58.6 Å². The monoisotopic (exact) mass is 482 g/mol. The van der Waals surface area contributed by atoms with Crippen molar-refractivity contribution in [3.05, 3.63) is 76.3 Å². The number of hydrogen-bond acceptors (Lipinski definition) is 3. The van der Waals surface area contributed by atoms with Crippen LogP contribution < -0.4 is 10.1 Å². The molecular weight excluding hydrogens is 456 g/mol. The van der Waals surface area contributed by atoms with Crippen LogP contribution in [0, 0.1) is 6.92 Å². The van der Waals surface area contributed by atoms with Crippen LogP contribution in [-0.4, -0.2) is 35.9 Å². The first kappa shape index (κ1) is 22.8. The second-order valence-electron chi connectivity index (χ2n) is 7.47. The normalized spacial score (nSPS) is 11.7. The van der Waals surface area contributed by atoms with Crippen molar-refractivity contribution in [1.82, 2.24) is 10.2 Å². The number of carbonyl (C=O) groups is 2. The minimum Gasteiger partial charge on any atom is -0.483 e. The van der Waals surface area contributed by atoms with Crippen LogP contribution in [0.1, 0.15) is 25.0 Å². The fraction of sp³-hybridized carbons (Fsp3) is 0.280. The summed E-state index contributed by atoms with van der Waals surface area (Å²) < 4.78 is 6.68. The lowest BCUT2D eigenvalue weighted by Gasteiger charge is -2.28. The molecule has 1 atom stereocenters. The van der Waals surface area contributed by atoms with Gasteiger partial charge in [0.2, 0.25) is 5.91 Å². The predicted molar refractivity (Wildman–Crippen MR) is 127 cm³/mol. The maximum Gasteiger partial charge on any atom is 0.261 e. The largest absolute Gasteiger partial charge is 0.483 e. The second-order valence-corrected chi connectivity index (χ2v) is 8.26. The van der Waals surface area contributed by atoms with E-state index in [1.54, 1.807) is 11.8 Å². The molecule has 0 radical (unpaired) electrons. The molecule has 5 nitrogen and oxygen atoms in total. The lowest BCUT2D eigenvalue weighted by molar-refractivity contribution is -0.142. The number of halogens is 1. The average molecular weight is 483 g/mol. The molecule has 0 heterocycles. The number of fused-ring (bicyclic) bond motifs is 1. The van der Waals surface area contributed by atoms with E-state index >= 15 is 0 Å². The Hall–Kier alpha value is -2.86. The fourth-order valence-electron chi connectivity index (χ4n) is 3.46. The molecule has 0 aliphatic heterocycles. The molecule has 0 aliphatic rings. The van der Waals surface area contributed by atoms with Gasteiger partial charge in [0.15, 0.2) is 6.61 Å². The summed E-state index contributed by atoms with van der Waals surface area (Å²) in [6.45, 7) is 6.29. The van der Waals surface area contributed by atoms with E-state index in [0.29, 0.717) is 18.8 Å². The number of hydrogen-bond donors (Lipinski definition) is 1. The van der Waals surface area contributed by atoms with Gasteiger partial charge in [-0.05, 0) is 59.1 Å². The summed E-state index contributed by atoms with van der Waals surface area (Å²) in [5.74, 6) is 0.156. The van der Waals surface area contributed by atoms with Gasteiger partial charge in [-0.3, -0.25) is 9.59 Å². The van der Waals surface area contributed by atoms with Gasteiger partial charge in [0.1, 0.15) is 11.8 Å². The van der Waals surface area contributed by atoms with E-state index in [4.69, 9.17) is 4.74 Å². The van der Waals surface area contributed by atoms with Gasteiger partial charge in [-0.15, -0.1) is 0 Å². The van der Waals surface area contributed by atoms with Gasteiger partial charge in [0, 0.05) is 13.1 Å². The highest BCUT2D eigenvalue weighted by Gasteiger charge is 2.26. The lowest BCUT2D eigenvalue weighted by atomic mass is 10.1. The molecule has 0 saturated carbocycles. The molecule has 162 valence electrons. The number of carbonyl (C=O) groups excluding carboxylic acids is 2. The van der Waals surface area contributed by atoms with Crippen molar-refractivity contribution in [2.75, 3.05) is 13.2 Å². The number of amides is 2. The quantitative estimate of drug-likeness (QED) is 0.499. The van der Waals surface area contributed by atoms with Crippen molar-refractivity contribution in [2.45, 2.75) is 33.4 Å². The van der Waals surface area contributed by atoms with E-state index in [0.717, 1.165) is 26.4 Å². The average Bonchev–Trinajstić information content (AvgIpc) is 2.77. The number of benzene rings is 3. The summed E-state index contributed by atoms with van der Waals surface area (Å²) in [7, 11) is 0. The number of likely N-dealkylation sites (N-methyl/N-ethyl adjacent to an activating group) is 1. The van der Waals surface area contributed by atoms with E-state index in [9.17, 15) is 9.59 Å². The third-order valence-electron chi connectivity index (χ3n) is 5.13. The molecule has 0 aliphatic carbocycles. The van der Waals surface area contributed by atoms with Gasteiger partial charge in [0.05, 0.1) is 4.47 Å². The van der Waals surface area contributed by atoms with Crippen LogP contribution in [0.5, 0.6) is 5.75 Å². The van der Waals surface area contributed by atoms with Gasteiger partial charge in [-0.2, -0.15) is 0 Å². The molecule has 3 aromatic carbocycles. The highest BCUT2D eigenvalue weighted by atomic mass is 79.9. The summed E-state index contributed by atoms with van der Waals surface area (Å²) in [4.78, 5) is 27.2. The summed E-state index contributed by atoms with van der Waals surface area (Å²) in [6, 6.07) is 19.1. The third kappa shape index (κ3) is 5.64. The minimum absolute atomic E-state index is 0.160. The molecule has 0 aromatic heterocycles. The van der Waals surface area contributed by atoms with E-state index in [1.165, 1.54) is 0 Å². The van der Waals surface area contributed by atoms with E-state index in [2.05, 4.69) is 21.2 Å². The third-order valence-corrected chi connectivity index (χ3v) is 5.95. The molecule has 2 amide bonds. The van der Waals surface area contributed by atoms with Gasteiger partial charge in [-0.25, -0.2) is 0 Å². The van der Waals surface area contributed by atoms with Gasteiger partial charge in [0.25, 0.3) is 5.91 Å². The van der Waals surface area contributed by atoms with Crippen LogP contribution in [-0.2, 0) is 16.1 Å². The Morgan fingerprint density at radius 3 is 2.61 bits per heavy atom. The molecule has 31 heavy (non-hydrogen) atoms. The van der Waals surface area contributed by atoms with Gasteiger partial charge in [-0.1, -0.05) is 60.2 Å². The number of aryl methyl sites for hydroxylation is 1. The fourth-order valence-corrected chi connectivity index (χ4v) is 4.07. The number of nitrogens with one attached hydrogen (secondary N) is 1. The van der Waals surface area contributed by atoms with Crippen molar-refractivity contribution in [3.8, 4) is 5.75 Å². The van der Waals surface area contributed by atoms with E-state index < -0.39 is 6.04 Å². The maximum absolute atomic E-state index is 13.1. The van der Waals surface area contributed by atoms with Crippen LogP contribution >= 0.6 is 15.9 Å². The Balaban J connectivity index is 1.79. The minimum atomic E-state index is -0.614. The van der Waals surface area contributed by atoms with Crippen molar-refractivity contribution in [2.24, 2.45) is 0 Å². The van der Waals surface area contributed by atoms with Crippen LogP contribution in [0.2, 0.25) is 0 Å². The molecule has 6 heteroatoms. The molecule has 0 fully saturated rings. The van der Waals surface area contributed by atoms with E-state index in [1.807, 2.05) is 74.5 Å². The zero-order valence-corrected chi connectivity index (χ0v) is 19.6. The lowest BCUT2D eigenvalue weighted by Crippen LogP contribution is -2.49. The first-order valence-corrected chi connectivity index (χ1v) is 11.1. The van der Waals surface area contributed by atoms with Crippen molar-refractivity contribution < 1.29 is 14.3 Å². The first-order valence-electron chi connectivity index (χ1n) is 10.3. The first-order chi connectivity index (χ1) is 14.9. The SMILES string of the molecule is CCNC(=O)[C@H](C)N(Cc1cccc(C)c1)C(=O)COc1ccc2ccccc2c1Br. The highest BCUT2D eigenvalue weighted by Crippen LogP contribution is 2.33. The van der Waals surface area contributed by atoms with Gasteiger partial charge >= 0.3 is 0 Å². The molecule has 0 bridgehead atoms. The molecule has 0 unspecified atom stereocenters. The smallest absolute Gasteiger partial charge is 0.261 e. The Bertz CT molecular complexity index is 1080. The van der Waals surface area contributed by atoms with Crippen LogP contribution in [0.25, 0.3) is 10.8 Å². The Morgan fingerprint density at radius 2 is 1.87 bits per heavy atom.